The Kier molecular flexibility index (Phi) is 8.69. The van der Waals surface area contributed by atoms with Crippen LogP contribution < -0.4 is 0 Å². The van der Waals surface area contributed by atoms with Crippen LogP contribution in [0.25, 0.3) is 0 Å². The van der Waals surface area contributed by atoms with Crippen LogP contribution in [0.1, 0.15) is 61.3 Å². The molecule has 0 aromatic rings. The Bertz CT molecular complexity index is 455. The number of Topliss-reactive ketones (excluding diaryl/α,β-unsaturated/α-hetero) is 1. The van der Waals surface area contributed by atoms with Crippen LogP contribution >= 0.6 is 0 Å². The third-order valence-electron chi connectivity index (χ3n) is 6.23. The Balaban J connectivity index is 5.55. The van der Waals surface area contributed by atoms with Gasteiger partial charge in [-0.05, 0) is 43.2 Å². The molecule has 0 aliphatic heterocycles. The summed E-state index contributed by atoms with van der Waals surface area (Å²) in [6.45, 7) is 24.3. The molecule has 0 unspecified atom stereocenters. The van der Waals surface area contributed by atoms with E-state index in [2.05, 4.69) is 67.7 Å². The number of carbonyl (C=O) groups is 2. The first-order chi connectivity index (χ1) is 11.4. The Morgan fingerprint density at radius 1 is 0.846 bits per heavy atom. The van der Waals surface area contributed by atoms with Crippen LogP contribution in [0.5, 0.6) is 0 Å². The fourth-order valence-electron chi connectivity index (χ4n) is 2.14. The summed E-state index contributed by atoms with van der Waals surface area (Å²) >= 11 is 0. The van der Waals surface area contributed by atoms with Crippen molar-refractivity contribution >= 4 is 28.7 Å². The van der Waals surface area contributed by atoms with E-state index in [1.165, 1.54) is 0 Å². The van der Waals surface area contributed by atoms with Gasteiger partial charge in [-0.2, -0.15) is 0 Å². The van der Waals surface area contributed by atoms with E-state index in [0.29, 0.717) is 19.6 Å². The first-order valence-corrected chi connectivity index (χ1v) is 15.4. The maximum Gasteiger partial charge on any atom is 0.192 e. The van der Waals surface area contributed by atoms with E-state index in [0.717, 1.165) is 6.29 Å². The zero-order valence-electron chi connectivity index (χ0n) is 19.0. The summed E-state index contributed by atoms with van der Waals surface area (Å²) < 4.78 is 12.9. The molecule has 0 aliphatic carbocycles. The highest BCUT2D eigenvalue weighted by Crippen LogP contribution is 2.41. The van der Waals surface area contributed by atoms with Crippen LogP contribution in [0, 0.1) is 5.41 Å². The third kappa shape index (κ3) is 7.37. The summed E-state index contributed by atoms with van der Waals surface area (Å²) in [5, 5.41) is 0.160. The van der Waals surface area contributed by atoms with Gasteiger partial charge in [0.25, 0.3) is 0 Å². The van der Waals surface area contributed by atoms with Crippen LogP contribution in [-0.4, -0.2) is 41.9 Å². The summed E-state index contributed by atoms with van der Waals surface area (Å²) in [5.74, 6) is 0.0736. The van der Waals surface area contributed by atoms with E-state index in [-0.39, 0.29) is 22.3 Å². The molecule has 0 saturated carbocycles. The van der Waals surface area contributed by atoms with Crippen molar-refractivity contribution in [2.24, 2.45) is 5.41 Å². The molecule has 0 bridgehead atoms. The van der Waals surface area contributed by atoms with E-state index in [4.69, 9.17) is 8.85 Å². The van der Waals surface area contributed by atoms with Gasteiger partial charge >= 0.3 is 0 Å². The van der Waals surface area contributed by atoms with E-state index >= 15 is 0 Å². The maximum absolute atomic E-state index is 12.0. The molecule has 6 heteroatoms. The van der Waals surface area contributed by atoms with E-state index in [1.54, 1.807) is 6.92 Å². The summed E-state index contributed by atoms with van der Waals surface area (Å²) in [4.78, 5) is 23.4. The minimum Gasteiger partial charge on any atom is -0.416 e. The lowest BCUT2D eigenvalue weighted by atomic mass is 9.82. The summed E-state index contributed by atoms with van der Waals surface area (Å²) in [7, 11) is -3.96. The molecule has 0 aromatic carbocycles. The number of aldehydes is 1. The smallest absolute Gasteiger partial charge is 0.192 e. The van der Waals surface area contributed by atoms with Crippen LogP contribution in [0.2, 0.25) is 36.3 Å². The van der Waals surface area contributed by atoms with Crippen LogP contribution in [0.4, 0.5) is 0 Å². The van der Waals surface area contributed by atoms with Gasteiger partial charge in [-0.3, -0.25) is 0 Å². The molecule has 0 saturated heterocycles. The number of rotatable bonds is 10. The zero-order valence-corrected chi connectivity index (χ0v) is 21.0. The Morgan fingerprint density at radius 3 is 1.42 bits per heavy atom. The van der Waals surface area contributed by atoms with Crippen LogP contribution in [0.3, 0.4) is 0 Å². The van der Waals surface area contributed by atoms with Crippen molar-refractivity contribution in [3.05, 3.63) is 0 Å². The molecular weight excluding hydrogens is 360 g/mol. The molecule has 0 aliphatic rings. The van der Waals surface area contributed by atoms with Crippen molar-refractivity contribution in [1.29, 1.82) is 0 Å². The van der Waals surface area contributed by atoms with Crippen molar-refractivity contribution in [2.75, 3.05) is 13.2 Å². The summed E-state index contributed by atoms with van der Waals surface area (Å²) in [6, 6.07) is 0. The first-order valence-electron chi connectivity index (χ1n) is 9.60. The minimum atomic E-state index is -1.98. The molecule has 0 heterocycles. The molecule has 26 heavy (non-hydrogen) atoms. The fourth-order valence-corrected chi connectivity index (χ4v) is 4.34. The van der Waals surface area contributed by atoms with Gasteiger partial charge in [-0.1, -0.05) is 41.5 Å². The Morgan fingerprint density at radius 2 is 1.19 bits per heavy atom. The highest BCUT2D eigenvalue weighted by Gasteiger charge is 2.43. The molecule has 0 atom stereocenters. The molecule has 0 spiro atoms. The normalized spacial score (nSPS) is 14.4. The lowest BCUT2D eigenvalue weighted by Gasteiger charge is -2.43. The average Bonchev–Trinajstić information content (AvgIpc) is 2.40. The quantitative estimate of drug-likeness (QED) is 0.353. The highest BCUT2D eigenvalue weighted by molar-refractivity contribution is 6.74. The number of hydrogen-bond donors (Lipinski definition) is 0. The molecule has 0 rings (SSSR count). The molecule has 154 valence electrons. The van der Waals surface area contributed by atoms with Crippen molar-refractivity contribution in [3.63, 3.8) is 0 Å². The molecule has 0 N–H and O–H groups in total. The van der Waals surface area contributed by atoms with Crippen LogP contribution in [0.15, 0.2) is 0 Å². The second-order valence-corrected chi connectivity index (χ2v) is 20.5. The monoisotopic (exact) mass is 402 g/mol. The second kappa shape index (κ2) is 8.80. The van der Waals surface area contributed by atoms with Crippen molar-refractivity contribution in [1.82, 2.24) is 0 Å². The molecule has 0 fully saturated rings. The van der Waals surface area contributed by atoms with Gasteiger partial charge in [0.2, 0.25) is 0 Å². The predicted octanol–water partition coefficient (Wildman–Crippen LogP) is 5.58. The van der Waals surface area contributed by atoms with Gasteiger partial charge in [0, 0.05) is 31.5 Å². The molecule has 0 amide bonds. The standard InChI is InChI=1S/C20H42O4Si2/c1-17(22)14-20(12-13-21,15-23-25(8,9)18(2,3)4)16-24-26(10,11)19(5,6)7/h13H,12,14-16H2,1-11H3. The zero-order chi connectivity index (χ0) is 21.0. The van der Waals surface area contributed by atoms with Crippen molar-refractivity contribution < 1.29 is 18.4 Å². The predicted molar refractivity (Wildman–Crippen MR) is 115 cm³/mol. The van der Waals surface area contributed by atoms with Gasteiger partial charge in [0.1, 0.15) is 12.1 Å². The summed E-state index contributed by atoms with van der Waals surface area (Å²) in [6.07, 6.45) is 1.51. The van der Waals surface area contributed by atoms with E-state index in [9.17, 15) is 9.59 Å². The molecular formula is C20H42O4Si2. The van der Waals surface area contributed by atoms with Gasteiger partial charge in [0.15, 0.2) is 16.6 Å². The lowest BCUT2D eigenvalue weighted by molar-refractivity contribution is -0.122. The highest BCUT2D eigenvalue weighted by atomic mass is 28.4. The molecule has 0 radical (unpaired) electrons. The Hall–Kier alpha value is -0.306. The number of hydrogen-bond acceptors (Lipinski definition) is 4. The van der Waals surface area contributed by atoms with Gasteiger partial charge in [0.05, 0.1) is 0 Å². The van der Waals surface area contributed by atoms with E-state index < -0.39 is 22.0 Å². The fraction of sp³-hybridized carbons (Fsp3) is 0.900. The SMILES string of the molecule is CC(=O)CC(CC=O)(CO[Si](C)(C)C(C)(C)C)CO[Si](C)(C)C(C)(C)C. The first kappa shape index (κ1) is 25.7. The van der Waals surface area contributed by atoms with Gasteiger partial charge in [-0.15, -0.1) is 0 Å². The largest absolute Gasteiger partial charge is 0.416 e. The number of ketones is 1. The average molecular weight is 403 g/mol. The second-order valence-electron chi connectivity index (χ2n) is 10.8. The van der Waals surface area contributed by atoms with Crippen molar-refractivity contribution in [3.8, 4) is 0 Å². The van der Waals surface area contributed by atoms with E-state index in [1.807, 2.05) is 0 Å². The molecule has 0 aromatic heterocycles. The van der Waals surface area contributed by atoms with Crippen LogP contribution in [-0.2, 0) is 18.4 Å². The third-order valence-corrected chi connectivity index (χ3v) is 15.2. The van der Waals surface area contributed by atoms with Crippen molar-refractivity contribution in [2.45, 2.75) is 97.6 Å². The number of carbonyl (C=O) groups excluding carboxylic acids is 2. The van der Waals surface area contributed by atoms with Gasteiger partial charge < -0.3 is 18.4 Å². The minimum absolute atomic E-state index is 0.0736. The summed E-state index contributed by atoms with van der Waals surface area (Å²) in [5.41, 5.74) is -0.571. The van der Waals surface area contributed by atoms with Gasteiger partial charge in [-0.25, -0.2) is 0 Å². The Labute approximate surface area is 163 Å². The maximum atomic E-state index is 12.0. The topological polar surface area (TPSA) is 52.6 Å². The molecule has 4 nitrogen and oxygen atoms in total. The lowest BCUT2D eigenvalue weighted by Crippen LogP contribution is -2.48.